The largest absolute Gasteiger partial charge is 0.624 e. The molecule has 0 saturated heterocycles. The van der Waals surface area contributed by atoms with Crippen molar-refractivity contribution in [2.45, 2.75) is 26.1 Å². The molecule has 27 heavy (non-hydrogen) atoms. The van der Waals surface area contributed by atoms with E-state index in [2.05, 4.69) is 5.10 Å². The lowest BCUT2D eigenvalue weighted by Crippen LogP contribution is -2.14. The van der Waals surface area contributed by atoms with E-state index in [0.29, 0.717) is 5.69 Å². The van der Waals surface area contributed by atoms with Crippen molar-refractivity contribution in [2.75, 3.05) is 0 Å². The number of hydrogen-bond acceptors (Lipinski definition) is 2. The monoisotopic (exact) mass is 373 g/mol. The number of hydroxylamine groups is 1. The number of hydrogen-bond donors (Lipinski definition) is 0. The lowest BCUT2D eigenvalue weighted by Gasteiger charge is -2.08. The summed E-state index contributed by atoms with van der Waals surface area (Å²) in [6.45, 7) is 3.61. The van der Waals surface area contributed by atoms with Crippen LogP contribution in [0.25, 0.3) is 16.8 Å². The molecule has 0 aliphatic heterocycles. The Hall–Kier alpha value is -3.09. The van der Waals surface area contributed by atoms with E-state index in [9.17, 15) is 18.4 Å². The van der Waals surface area contributed by atoms with Crippen LogP contribution in [0.1, 0.15) is 25.0 Å². The van der Waals surface area contributed by atoms with Crippen LogP contribution in [0.5, 0.6) is 0 Å². The van der Waals surface area contributed by atoms with Crippen molar-refractivity contribution < 1.29 is 17.9 Å². The van der Waals surface area contributed by atoms with Gasteiger partial charge in [-0.1, -0.05) is 12.1 Å². The third kappa shape index (κ3) is 4.36. The Morgan fingerprint density at radius 1 is 1.07 bits per heavy atom. The summed E-state index contributed by atoms with van der Waals surface area (Å²) in [7, 11) is 0. The van der Waals surface area contributed by atoms with Crippen LogP contribution in [0.3, 0.4) is 0 Å². The molecule has 3 rings (SSSR count). The third-order valence-corrected chi connectivity index (χ3v) is 4.05. The van der Waals surface area contributed by atoms with E-state index >= 15 is 0 Å². The Morgan fingerprint density at radius 2 is 1.78 bits per heavy atom. The molecule has 0 spiro atoms. The average Bonchev–Trinajstić information content (AvgIpc) is 3.11. The summed E-state index contributed by atoms with van der Waals surface area (Å²) in [6, 6.07) is 12.1. The smallest absolute Gasteiger partial charge is 0.416 e. The van der Waals surface area contributed by atoms with Crippen LogP contribution in [0.4, 0.5) is 13.2 Å². The van der Waals surface area contributed by atoms with Gasteiger partial charge in [0, 0.05) is 17.3 Å². The Balaban J connectivity index is 1.87. The molecule has 0 N–H and O–H groups in total. The minimum atomic E-state index is -4.36. The van der Waals surface area contributed by atoms with Gasteiger partial charge in [-0.25, -0.2) is 9.42 Å². The highest BCUT2D eigenvalue weighted by Crippen LogP contribution is 2.29. The molecule has 0 aliphatic carbocycles. The topological polar surface area (TPSA) is 43.9 Å². The molecule has 0 fully saturated rings. The molecule has 0 unspecified atom stereocenters. The zero-order chi connectivity index (χ0) is 19.6. The second-order valence-electron chi connectivity index (χ2n) is 6.43. The second-order valence-corrected chi connectivity index (χ2v) is 6.43. The normalized spacial score (nSPS) is 12.6. The molecule has 2 aromatic carbocycles. The maximum Gasteiger partial charge on any atom is 0.416 e. The minimum absolute atomic E-state index is 0.156. The molecule has 7 heteroatoms. The summed E-state index contributed by atoms with van der Waals surface area (Å²) in [5.41, 5.74) is 2.25. The minimum Gasteiger partial charge on any atom is -0.624 e. The van der Waals surface area contributed by atoms with Crippen LogP contribution in [0, 0.1) is 5.21 Å². The van der Waals surface area contributed by atoms with Crippen molar-refractivity contribution in [3.8, 4) is 16.8 Å². The first-order valence-corrected chi connectivity index (χ1v) is 8.37. The van der Waals surface area contributed by atoms with Gasteiger partial charge >= 0.3 is 6.18 Å². The number of halogens is 3. The first-order valence-electron chi connectivity index (χ1n) is 8.37. The lowest BCUT2D eigenvalue weighted by molar-refractivity contribution is -0.487. The predicted octanol–water partition coefficient (Wildman–Crippen LogP) is 4.90. The summed E-state index contributed by atoms with van der Waals surface area (Å²) in [6.07, 6.45) is 0.526. The summed E-state index contributed by atoms with van der Waals surface area (Å²) in [5, 5.41) is 16.0. The van der Waals surface area contributed by atoms with E-state index in [4.69, 9.17) is 0 Å². The van der Waals surface area contributed by atoms with Gasteiger partial charge in [0.2, 0.25) is 0 Å². The molecule has 1 heterocycles. The first kappa shape index (κ1) is 18.7. The van der Waals surface area contributed by atoms with Crippen LogP contribution < -0.4 is 0 Å². The third-order valence-electron chi connectivity index (χ3n) is 4.05. The quantitative estimate of drug-likeness (QED) is 0.283. The Labute approximate surface area is 154 Å². The van der Waals surface area contributed by atoms with Gasteiger partial charge in [0.05, 0.1) is 17.4 Å². The number of nitrogens with zero attached hydrogens (tertiary/aromatic N) is 3. The van der Waals surface area contributed by atoms with Gasteiger partial charge < -0.3 is 5.21 Å². The van der Waals surface area contributed by atoms with E-state index in [1.165, 1.54) is 23.0 Å². The fourth-order valence-electron chi connectivity index (χ4n) is 2.51. The molecule has 0 amide bonds. The highest BCUT2D eigenvalue weighted by Gasteiger charge is 2.30. The molecule has 1 aromatic heterocycles. The van der Waals surface area contributed by atoms with Crippen molar-refractivity contribution in [1.82, 2.24) is 9.78 Å². The van der Waals surface area contributed by atoms with Crippen molar-refractivity contribution in [2.24, 2.45) is 0 Å². The second kappa shape index (κ2) is 7.26. The zero-order valence-electron chi connectivity index (χ0n) is 14.8. The van der Waals surface area contributed by atoms with Gasteiger partial charge in [0.1, 0.15) is 0 Å². The van der Waals surface area contributed by atoms with E-state index < -0.39 is 11.7 Å². The van der Waals surface area contributed by atoms with Gasteiger partial charge in [-0.05, 0) is 55.8 Å². The van der Waals surface area contributed by atoms with Gasteiger partial charge in [-0.2, -0.15) is 18.3 Å². The van der Waals surface area contributed by atoms with Crippen LogP contribution >= 0.6 is 0 Å². The van der Waals surface area contributed by atoms with Gasteiger partial charge in [-0.15, -0.1) is 0 Å². The summed E-state index contributed by atoms with van der Waals surface area (Å²) in [4.78, 5) is 0. The SMILES string of the molecule is CC(C)/[N+]([O-])=C/c1cccc(-c2cnn(-c3ccc(C(F)(F)F)cc3)c2)c1. The van der Waals surface area contributed by atoms with Crippen molar-refractivity contribution in [3.05, 3.63) is 77.3 Å². The summed E-state index contributed by atoms with van der Waals surface area (Å²) < 4.78 is 40.4. The number of benzene rings is 2. The Kier molecular flexibility index (Phi) is 5.03. The Morgan fingerprint density at radius 3 is 2.41 bits per heavy atom. The number of alkyl halides is 3. The van der Waals surface area contributed by atoms with Gasteiger partial charge in [-0.3, -0.25) is 0 Å². The van der Waals surface area contributed by atoms with Gasteiger partial charge in [0.25, 0.3) is 0 Å². The fourth-order valence-corrected chi connectivity index (χ4v) is 2.51. The van der Waals surface area contributed by atoms with Crippen LogP contribution in [-0.4, -0.2) is 26.8 Å². The predicted molar refractivity (Wildman–Crippen MR) is 97.9 cm³/mol. The molecular formula is C20H18F3N3O. The van der Waals surface area contributed by atoms with E-state index in [-0.39, 0.29) is 6.04 Å². The van der Waals surface area contributed by atoms with Crippen molar-refractivity contribution in [1.29, 1.82) is 0 Å². The van der Waals surface area contributed by atoms with E-state index in [0.717, 1.165) is 33.6 Å². The molecule has 0 saturated carbocycles. The maximum atomic E-state index is 12.7. The van der Waals surface area contributed by atoms with Crippen molar-refractivity contribution >= 4 is 6.21 Å². The Bertz CT molecular complexity index is 957. The highest BCUT2D eigenvalue weighted by atomic mass is 19.4. The van der Waals surface area contributed by atoms with Crippen LogP contribution in [0.15, 0.2) is 60.9 Å². The molecule has 0 radical (unpaired) electrons. The molecule has 0 atom stereocenters. The lowest BCUT2D eigenvalue weighted by atomic mass is 10.1. The maximum absolute atomic E-state index is 12.7. The standard InChI is InChI=1S/C20H18F3N3O/c1-14(2)26(27)12-15-4-3-5-16(10-15)17-11-24-25(13-17)19-8-6-18(7-9-19)20(21,22)23/h3-14H,1-2H3/b26-12-. The zero-order valence-corrected chi connectivity index (χ0v) is 14.8. The average molecular weight is 373 g/mol. The summed E-state index contributed by atoms with van der Waals surface area (Å²) >= 11 is 0. The fraction of sp³-hybridized carbons (Fsp3) is 0.200. The number of aromatic nitrogens is 2. The molecular weight excluding hydrogens is 355 g/mol. The van der Waals surface area contributed by atoms with Crippen molar-refractivity contribution in [3.63, 3.8) is 0 Å². The van der Waals surface area contributed by atoms with E-state index in [1.54, 1.807) is 26.2 Å². The molecule has 140 valence electrons. The number of rotatable bonds is 4. The van der Waals surface area contributed by atoms with Gasteiger partial charge in [0.15, 0.2) is 12.3 Å². The van der Waals surface area contributed by atoms with E-state index in [1.807, 2.05) is 24.3 Å². The van der Waals surface area contributed by atoms with Crippen LogP contribution in [-0.2, 0) is 6.18 Å². The molecule has 0 bridgehead atoms. The highest BCUT2D eigenvalue weighted by molar-refractivity contribution is 5.79. The molecule has 3 aromatic rings. The van der Waals surface area contributed by atoms with Crippen LogP contribution in [0.2, 0.25) is 0 Å². The first-order chi connectivity index (χ1) is 12.7. The summed E-state index contributed by atoms with van der Waals surface area (Å²) in [5.74, 6) is 0. The molecule has 0 aliphatic rings. The molecule has 4 nitrogen and oxygen atoms in total.